The molecule has 1 saturated carbocycles. The van der Waals surface area contributed by atoms with E-state index in [9.17, 15) is 4.79 Å². The summed E-state index contributed by atoms with van der Waals surface area (Å²) in [5.74, 6) is 0.0242. The monoisotopic (exact) mass is 296 g/mol. The van der Waals surface area contributed by atoms with E-state index in [0.29, 0.717) is 5.56 Å². The van der Waals surface area contributed by atoms with Gasteiger partial charge in [-0.25, -0.2) is 4.98 Å². The van der Waals surface area contributed by atoms with E-state index in [1.54, 1.807) is 12.5 Å². The van der Waals surface area contributed by atoms with Crippen molar-refractivity contribution in [3.8, 4) is 11.3 Å². The summed E-state index contributed by atoms with van der Waals surface area (Å²) in [6.45, 7) is 1.00. The number of hydrogen-bond donors (Lipinski definition) is 3. The van der Waals surface area contributed by atoms with Gasteiger partial charge in [-0.1, -0.05) is 12.1 Å². The van der Waals surface area contributed by atoms with E-state index < -0.39 is 0 Å². The summed E-state index contributed by atoms with van der Waals surface area (Å²) < 4.78 is 0. The topological polar surface area (TPSA) is 69.8 Å². The Bertz CT molecular complexity index is 658. The van der Waals surface area contributed by atoms with Crippen LogP contribution in [0.3, 0.4) is 0 Å². The van der Waals surface area contributed by atoms with Gasteiger partial charge in [0, 0.05) is 17.1 Å². The van der Waals surface area contributed by atoms with Crippen molar-refractivity contribution in [2.24, 2.45) is 0 Å². The molecule has 0 radical (unpaired) electrons. The maximum atomic E-state index is 12.5. The number of nitrogens with zero attached hydrogens (tertiary/aromatic N) is 1. The molecule has 1 spiro atoms. The van der Waals surface area contributed by atoms with Crippen molar-refractivity contribution in [1.29, 1.82) is 0 Å². The first-order valence-corrected chi connectivity index (χ1v) is 7.92. The quantitative estimate of drug-likeness (QED) is 0.812. The van der Waals surface area contributed by atoms with Gasteiger partial charge >= 0.3 is 0 Å². The van der Waals surface area contributed by atoms with Crippen molar-refractivity contribution in [1.82, 2.24) is 20.6 Å². The highest BCUT2D eigenvalue weighted by molar-refractivity contribution is 5.95. The third-order valence-electron chi connectivity index (χ3n) is 5.08. The van der Waals surface area contributed by atoms with Crippen LogP contribution in [0.25, 0.3) is 11.3 Å². The smallest absolute Gasteiger partial charge is 0.251 e. The van der Waals surface area contributed by atoms with E-state index >= 15 is 0 Å². The van der Waals surface area contributed by atoms with Crippen LogP contribution in [-0.2, 0) is 0 Å². The number of imidazole rings is 1. The van der Waals surface area contributed by atoms with Crippen molar-refractivity contribution in [3.05, 3.63) is 42.4 Å². The Hall–Kier alpha value is -2.14. The van der Waals surface area contributed by atoms with Crippen molar-refractivity contribution in [2.75, 3.05) is 6.54 Å². The first-order chi connectivity index (χ1) is 10.8. The predicted molar refractivity (Wildman–Crippen MR) is 84.5 cm³/mol. The lowest BCUT2D eigenvalue weighted by Crippen LogP contribution is -2.59. The molecule has 3 N–H and O–H groups in total. The van der Waals surface area contributed by atoms with Crippen LogP contribution in [-0.4, -0.2) is 34.0 Å². The zero-order valence-electron chi connectivity index (χ0n) is 12.4. The third-order valence-corrected chi connectivity index (χ3v) is 5.08. The standard InChI is InChI=1S/C17H20N4O/c22-16(21-15-6-9-20-17(15)7-1-8-17)13-4-2-12(3-5-13)14-10-18-11-19-14/h2-5,10-11,15,20H,1,6-9H2,(H,18,19)(H,21,22). The first-order valence-electron chi connectivity index (χ1n) is 7.92. The maximum absolute atomic E-state index is 12.5. The second-order valence-corrected chi connectivity index (χ2v) is 6.29. The zero-order valence-corrected chi connectivity index (χ0v) is 12.4. The summed E-state index contributed by atoms with van der Waals surface area (Å²) in [6.07, 6.45) is 8.07. The van der Waals surface area contributed by atoms with E-state index in [0.717, 1.165) is 24.2 Å². The summed E-state index contributed by atoms with van der Waals surface area (Å²) >= 11 is 0. The third kappa shape index (κ3) is 2.22. The Morgan fingerprint density at radius 1 is 1.27 bits per heavy atom. The van der Waals surface area contributed by atoms with Gasteiger partial charge in [-0.3, -0.25) is 4.79 Å². The second kappa shape index (κ2) is 5.25. The molecule has 22 heavy (non-hydrogen) atoms. The number of aromatic nitrogens is 2. The Morgan fingerprint density at radius 2 is 2.09 bits per heavy atom. The van der Waals surface area contributed by atoms with Gasteiger partial charge in [0.2, 0.25) is 0 Å². The molecule has 1 aliphatic carbocycles. The molecule has 0 bridgehead atoms. The summed E-state index contributed by atoms with van der Waals surface area (Å²) in [5.41, 5.74) is 2.88. The van der Waals surface area contributed by atoms with Crippen molar-refractivity contribution < 1.29 is 4.79 Å². The molecule has 5 nitrogen and oxygen atoms in total. The Kier molecular flexibility index (Phi) is 3.22. The minimum Gasteiger partial charge on any atom is -0.347 e. The molecular weight excluding hydrogens is 276 g/mol. The van der Waals surface area contributed by atoms with Crippen molar-refractivity contribution >= 4 is 5.91 Å². The summed E-state index contributed by atoms with van der Waals surface area (Å²) in [7, 11) is 0. The summed E-state index contributed by atoms with van der Waals surface area (Å²) in [4.78, 5) is 19.5. The van der Waals surface area contributed by atoms with E-state index in [-0.39, 0.29) is 17.5 Å². The summed E-state index contributed by atoms with van der Waals surface area (Å²) in [5, 5.41) is 6.80. The van der Waals surface area contributed by atoms with E-state index in [2.05, 4.69) is 20.6 Å². The largest absolute Gasteiger partial charge is 0.347 e. The fourth-order valence-electron chi connectivity index (χ4n) is 3.61. The average molecular weight is 296 g/mol. The molecule has 114 valence electrons. The van der Waals surface area contributed by atoms with Crippen LogP contribution in [0, 0.1) is 0 Å². The Morgan fingerprint density at radius 3 is 2.73 bits per heavy atom. The average Bonchev–Trinajstić information content (AvgIpc) is 3.16. The molecule has 1 aromatic carbocycles. The molecule has 1 amide bonds. The molecule has 4 rings (SSSR count). The number of carbonyl (C=O) groups excluding carboxylic acids is 1. The van der Waals surface area contributed by atoms with Crippen LogP contribution in [0.5, 0.6) is 0 Å². The molecule has 5 heteroatoms. The summed E-state index contributed by atoms with van der Waals surface area (Å²) in [6, 6.07) is 7.92. The van der Waals surface area contributed by atoms with Crippen LogP contribution in [0.2, 0.25) is 0 Å². The predicted octanol–water partition coefficient (Wildman–Crippen LogP) is 2.09. The number of nitrogens with one attached hydrogen (secondary N) is 3. The molecule has 1 atom stereocenters. The normalized spacial score (nSPS) is 22.5. The fraction of sp³-hybridized carbons (Fsp3) is 0.412. The van der Waals surface area contributed by atoms with Gasteiger partial charge < -0.3 is 15.6 Å². The number of amides is 1. The van der Waals surface area contributed by atoms with E-state index in [4.69, 9.17) is 0 Å². The minimum atomic E-state index is 0.0242. The van der Waals surface area contributed by atoms with Crippen LogP contribution < -0.4 is 10.6 Å². The van der Waals surface area contributed by atoms with Crippen LogP contribution in [0.4, 0.5) is 0 Å². The fourth-order valence-corrected chi connectivity index (χ4v) is 3.61. The number of benzene rings is 1. The van der Waals surface area contributed by atoms with Gasteiger partial charge in [-0.2, -0.15) is 0 Å². The highest BCUT2D eigenvalue weighted by Crippen LogP contribution is 2.39. The number of H-pyrrole nitrogens is 1. The Labute approximate surface area is 129 Å². The lowest BCUT2D eigenvalue weighted by Gasteiger charge is -2.43. The molecule has 1 aliphatic heterocycles. The number of aromatic amines is 1. The van der Waals surface area contributed by atoms with Crippen LogP contribution >= 0.6 is 0 Å². The van der Waals surface area contributed by atoms with Crippen molar-refractivity contribution in [2.45, 2.75) is 37.3 Å². The van der Waals surface area contributed by atoms with E-state index in [1.807, 2.05) is 24.3 Å². The maximum Gasteiger partial charge on any atom is 0.251 e. The van der Waals surface area contributed by atoms with Gasteiger partial charge in [0.15, 0.2) is 0 Å². The zero-order chi connectivity index (χ0) is 15.0. The van der Waals surface area contributed by atoms with Gasteiger partial charge in [-0.15, -0.1) is 0 Å². The second-order valence-electron chi connectivity index (χ2n) is 6.29. The molecular formula is C17H20N4O. The van der Waals surface area contributed by atoms with E-state index in [1.165, 1.54) is 19.3 Å². The minimum absolute atomic E-state index is 0.0242. The molecule has 1 aromatic heterocycles. The molecule has 2 aromatic rings. The van der Waals surface area contributed by atoms with Gasteiger partial charge in [0.25, 0.3) is 5.91 Å². The highest BCUT2D eigenvalue weighted by Gasteiger charge is 2.47. The van der Waals surface area contributed by atoms with Crippen LogP contribution in [0.1, 0.15) is 36.0 Å². The molecule has 1 unspecified atom stereocenters. The highest BCUT2D eigenvalue weighted by atomic mass is 16.1. The Balaban J connectivity index is 1.46. The van der Waals surface area contributed by atoms with Gasteiger partial charge in [0.1, 0.15) is 0 Å². The SMILES string of the molecule is O=C(NC1CCNC12CCC2)c1ccc(-c2cnc[nH]2)cc1. The number of carbonyl (C=O) groups is 1. The lowest BCUT2D eigenvalue weighted by molar-refractivity contribution is 0.0881. The van der Waals surface area contributed by atoms with Crippen LogP contribution in [0.15, 0.2) is 36.8 Å². The number of rotatable bonds is 3. The molecule has 2 heterocycles. The number of hydrogen-bond acceptors (Lipinski definition) is 3. The lowest BCUT2D eigenvalue weighted by atomic mass is 9.73. The first kappa shape index (κ1) is 13.5. The van der Waals surface area contributed by atoms with Gasteiger partial charge in [-0.05, 0) is 49.9 Å². The molecule has 2 fully saturated rings. The molecule has 1 saturated heterocycles. The van der Waals surface area contributed by atoms with Gasteiger partial charge in [0.05, 0.1) is 18.2 Å². The van der Waals surface area contributed by atoms with Crippen molar-refractivity contribution in [3.63, 3.8) is 0 Å². The molecule has 2 aliphatic rings.